The lowest BCUT2D eigenvalue weighted by Crippen LogP contribution is -2.41. The molecule has 2 heterocycles. The van der Waals surface area contributed by atoms with Crippen LogP contribution < -0.4 is 4.74 Å². The molecule has 2 aromatic carbocycles. The molecule has 6 heteroatoms. The normalized spacial score (nSPS) is 21.8. The number of aromatic nitrogens is 1. The molecule has 0 spiro atoms. The van der Waals surface area contributed by atoms with Gasteiger partial charge in [-0.15, -0.1) is 0 Å². The van der Waals surface area contributed by atoms with Gasteiger partial charge in [-0.2, -0.15) is 0 Å². The lowest BCUT2D eigenvalue weighted by molar-refractivity contribution is -0.0866. The van der Waals surface area contributed by atoms with Crippen molar-refractivity contribution < 1.29 is 19.4 Å². The van der Waals surface area contributed by atoms with Crippen molar-refractivity contribution in [2.24, 2.45) is 0 Å². The van der Waals surface area contributed by atoms with Crippen molar-refractivity contribution >= 4 is 16.9 Å². The van der Waals surface area contributed by atoms with Crippen LogP contribution in [0.5, 0.6) is 5.75 Å². The number of hydrogen-bond acceptors (Lipinski definition) is 4. The van der Waals surface area contributed by atoms with Gasteiger partial charge < -0.3 is 19.6 Å². The Morgan fingerprint density at radius 3 is 2.61 bits per heavy atom. The van der Waals surface area contributed by atoms with Gasteiger partial charge in [0.25, 0.3) is 0 Å². The van der Waals surface area contributed by atoms with Crippen LogP contribution in [0.25, 0.3) is 10.9 Å². The van der Waals surface area contributed by atoms with Crippen LogP contribution in [0.1, 0.15) is 65.2 Å². The minimum Gasteiger partial charge on any atom is -0.496 e. The lowest BCUT2D eigenvalue weighted by atomic mass is 9.90. The van der Waals surface area contributed by atoms with E-state index in [4.69, 9.17) is 9.47 Å². The van der Waals surface area contributed by atoms with Crippen molar-refractivity contribution in [2.45, 2.75) is 63.8 Å². The molecule has 1 aromatic heterocycles. The number of hydrogen-bond donors (Lipinski definition) is 2. The molecule has 1 saturated heterocycles. The summed E-state index contributed by atoms with van der Waals surface area (Å²) in [6.07, 6.45) is 8.16. The average molecular weight is 449 g/mol. The van der Waals surface area contributed by atoms with E-state index < -0.39 is 5.97 Å². The minimum atomic E-state index is -0.896. The summed E-state index contributed by atoms with van der Waals surface area (Å²) < 4.78 is 12.2. The highest BCUT2D eigenvalue weighted by Gasteiger charge is 2.33. The Bertz CT molecular complexity index is 1130. The summed E-state index contributed by atoms with van der Waals surface area (Å²) in [7, 11) is 1.73. The van der Waals surface area contributed by atoms with E-state index in [1.165, 1.54) is 35.8 Å². The molecule has 0 radical (unpaired) electrons. The number of methoxy groups -OCH3 is 1. The average Bonchev–Trinajstić information content (AvgIpc) is 3.29. The molecule has 5 rings (SSSR count). The largest absolute Gasteiger partial charge is 0.496 e. The van der Waals surface area contributed by atoms with Gasteiger partial charge in [-0.25, -0.2) is 4.79 Å². The van der Waals surface area contributed by atoms with Crippen LogP contribution in [0.3, 0.4) is 0 Å². The molecule has 2 aliphatic rings. The Labute approximate surface area is 194 Å². The number of nitrogens with zero attached hydrogens (tertiary/aromatic N) is 1. The van der Waals surface area contributed by atoms with Crippen LogP contribution in [0.4, 0.5) is 0 Å². The molecule has 1 aliphatic heterocycles. The fourth-order valence-electron chi connectivity index (χ4n) is 5.25. The van der Waals surface area contributed by atoms with Crippen LogP contribution >= 0.6 is 0 Å². The molecule has 1 saturated carbocycles. The third kappa shape index (κ3) is 4.37. The Morgan fingerprint density at radius 2 is 1.94 bits per heavy atom. The highest BCUT2D eigenvalue weighted by atomic mass is 16.5. The second kappa shape index (κ2) is 9.20. The second-order valence-electron chi connectivity index (χ2n) is 9.39. The number of ether oxygens (including phenoxy) is 2. The van der Waals surface area contributed by atoms with E-state index in [9.17, 15) is 9.90 Å². The summed E-state index contributed by atoms with van der Waals surface area (Å²) in [4.78, 5) is 17.2. The lowest BCUT2D eigenvalue weighted by Gasteiger charge is -2.42. The summed E-state index contributed by atoms with van der Waals surface area (Å²) in [5.74, 6) is 0.0138. The van der Waals surface area contributed by atoms with Gasteiger partial charge in [-0.3, -0.25) is 4.90 Å². The summed E-state index contributed by atoms with van der Waals surface area (Å²) in [6, 6.07) is 11.7. The number of H-pyrrole nitrogens is 1. The minimum absolute atomic E-state index is 0.159. The molecule has 6 nitrogen and oxygen atoms in total. The SMILES string of the molecule is COc1cc(C)c2[nH]ccc2c1CN1CC[C@@H](OC2CCC2)C[C@@H]1c1ccc(C(=O)O)cc1. The number of rotatable bonds is 7. The number of aromatic amines is 1. The van der Waals surface area contributed by atoms with Crippen LogP contribution in [0.15, 0.2) is 42.6 Å². The molecule has 1 aliphatic carbocycles. The number of aromatic carboxylic acids is 1. The number of nitrogens with one attached hydrogen (secondary N) is 1. The summed E-state index contributed by atoms with van der Waals surface area (Å²) >= 11 is 0. The van der Waals surface area contributed by atoms with E-state index in [0.717, 1.165) is 42.8 Å². The first kappa shape index (κ1) is 22.0. The van der Waals surface area contributed by atoms with E-state index in [-0.39, 0.29) is 12.1 Å². The zero-order valence-corrected chi connectivity index (χ0v) is 19.3. The Hall–Kier alpha value is -2.83. The van der Waals surface area contributed by atoms with Crippen LogP contribution in [0.2, 0.25) is 0 Å². The Balaban J connectivity index is 1.46. The molecule has 0 bridgehead atoms. The fourth-order valence-corrected chi connectivity index (χ4v) is 5.25. The van der Waals surface area contributed by atoms with Crippen molar-refractivity contribution in [3.05, 3.63) is 64.8 Å². The molecular formula is C27H32N2O4. The number of benzene rings is 2. The fraction of sp³-hybridized carbons (Fsp3) is 0.444. The van der Waals surface area contributed by atoms with Gasteiger partial charge >= 0.3 is 5.97 Å². The van der Waals surface area contributed by atoms with Crippen molar-refractivity contribution in [1.82, 2.24) is 9.88 Å². The number of likely N-dealkylation sites (tertiary alicyclic amines) is 1. The molecule has 2 fully saturated rings. The molecular weight excluding hydrogens is 416 g/mol. The number of fused-ring (bicyclic) bond motifs is 1. The van der Waals surface area contributed by atoms with E-state index in [1.807, 2.05) is 18.3 Å². The molecule has 33 heavy (non-hydrogen) atoms. The monoisotopic (exact) mass is 448 g/mol. The number of carboxylic acid groups (broad SMARTS) is 1. The maximum Gasteiger partial charge on any atom is 0.335 e. The molecule has 0 amide bonds. The van der Waals surface area contributed by atoms with Crippen LogP contribution in [-0.4, -0.2) is 46.8 Å². The first-order chi connectivity index (χ1) is 16.0. The van der Waals surface area contributed by atoms with Gasteiger partial charge in [-0.1, -0.05) is 12.1 Å². The van der Waals surface area contributed by atoms with E-state index in [0.29, 0.717) is 11.7 Å². The molecule has 2 atom stereocenters. The van der Waals surface area contributed by atoms with Gasteiger partial charge in [0.2, 0.25) is 0 Å². The van der Waals surface area contributed by atoms with Crippen molar-refractivity contribution in [3.63, 3.8) is 0 Å². The second-order valence-corrected chi connectivity index (χ2v) is 9.39. The van der Waals surface area contributed by atoms with Crippen molar-refractivity contribution in [1.29, 1.82) is 0 Å². The first-order valence-corrected chi connectivity index (χ1v) is 11.9. The maximum absolute atomic E-state index is 11.4. The predicted octanol–water partition coefficient (Wildman–Crippen LogP) is 5.46. The zero-order valence-electron chi connectivity index (χ0n) is 19.3. The molecule has 0 unspecified atom stereocenters. The summed E-state index contributed by atoms with van der Waals surface area (Å²) in [5, 5.41) is 10.5. The summed E-state index contributed by atoms with van der Waals surface area (Å²) in [6.45, 7) is 3.78. The number of carboxylic acids is 1. The maximum atomic E-state index is 11.4. The van der Waals surface area contributed by atoms with Gasteiger partial charge in [-0.05, 0) is 74.4 Å². The zero-order chi connectivity index (χ0) is 22.9. The number of carbonyl (C=O) groups is 1. The highest BCUT2D eigenvalue weighted by molar-refractivity contribution is 5.88. The smallest absolute Gasteiger partial charge is 0.335 e. The first-order valence-electron chi connectivity index (χ1n) is 11.9. The van der Waals surface area contributed by atoms with Crippen molar-refractivity contribution in [3.8, 4) is 5.75 Å². The van der Waals surface area contributed by atoms with Gasteiger partial charge in [0, 0.05) is 41.8 Å². The van der Waals surface area contributed by atoms with Crippen LogP contribution in [0, 0.1) is 6.92 Å². The quantitative estimate of drug-likeness (QED) is 0.502. The Kier molecular flexibility index (Phi) is 6.13. The molecule has 2 N–H and O–H groups in total. The van der Waals surface area contributed by atoms with E-state index >= 15 is 0 Å². The van der Waals surface area contributed by atoms with E-state index in [1.54, 1.807) is 19.2 Å². The number of aryl methyl sites for hydroxylation is 1. The summed E-state index contributed by atoms with van der Waals surface area (Å²) in [5.41, 5.74) is 4.96. The van der Waals surface area contributed by atoms with Crippen molar-refractivity contribution in [2.75, 3.05) is 13.7 Å². The van der Waals surface area contributed by atoms with Crippen LogP contribution in [-0.2, 0) is 11.3 Å². The van der Waals surface area contributed by atoms with Gasteiger partial charge in [0.1, 0.15) is 5.75 Å². The van der Waals surface area contributed by atoms with E-state index in [2.05, 4.69) is 28.9 Å². The number of piperidine rings is 1. The van der Waals surface area contributed by atoms with Gasteiger partial charge in [0.15, 0.2) is 0 Å². The Morgan fingerprint density at radius 1 is 1.15 bits per heavy atom. The predicted molar refractivity (Wildman–Crippen MR) is 128 cm³/mol. The molecule has 3 aromatic rings. The standard InChI is InChI=1S/C27H32N2O4/c1-17-14-25(32-2)23(22-10-12-28-26(17)22)16-29-13-11-21(33-20-4-3-5-20)15-24(29)18-6-8-19(9-7-18)27(30)31/h6-10,12,14,20-21,24,28H,3-5,11,13,15-16H2,1-2H3,(H,30,31)/t21-,24-/m1/s1. The molecule has 174 valence electrons. The third-order valence-corrected chi connectivity index (χ3v) is 7.34. The van der Waals surface area contributed by atoms with Gasteiger partial charge in [0.05, 0.1) is 24.9 Å². The topological polar surface area (TPSA) is 74.8 Å². The third-order valence-electron chi connectivity index (χ3n) is 7.34. The highest BCUT2D eigenvalue weighted by Crippen LogP contribution is 2.39.